The van der Waals surface area contributed by atoms with Crippen LogP contribution in [0.1, 0.15) is 149 Å². The zero-order valence-corrected chi connectivity index (χ0v) is 58.5. The van der Waals surface area contributed by atoms with Gasteiger partial charge in [-0.3, -0.25) is 4.79 Å². The van der Waals surface area contributed by atoms with Crippen molar-refractivity contribution in [3.05, 3.63) is 162 Å². The second-order valence-electron chi connectivity index (χ2n) is 23.9. The molecule has 0 radical (unpaired) electrons. The number of benzene rings is 4. The van der Waals surface area contributed by atoms with Crippen molar-refractivity contribution in [3.63, 3.8) is 0 Å². The lowest BCUT2D eigenvalue weighted by Crippen LogP contribution is -2.35. The fourth-order valence-corrected chi connectivity index (χ4v) is 7.37. The van der Waals surface area contributed by atoms with Gasteiger partial charge >= 0.3 is 35.8 Å². The number of ether oxygens (including phenoxy) is 6. The summed E-state index contributed by atoms with van der Waals surface area (Å²) in [5.41, 5.74) is 2.63. The van der Waals surface area contributed by atoms with Crippen molar-refractivity contribution < 1.29 is 75.4 Å². The number of rotatable bonds is 20. The van der Waals surface area contributed by atoms with Gasteiger partial charge in [-0.1, -0.05) is 84.7 Å². The molecule has 16 nitrogen and oxygen atoms in total. The van der Waals surface area contributed by atoms with Crippen LogP contribution < -0.4 is 0 Å². The lowest BCUT2D eigenvalue weighted by Gasteiger charge is -2.23. The number of hydrogen-bond acceptors (Lipinski definition) is 13. The van der Waals surface area contributed by atoms with E-state index < -0.39 is 34.4 Å². The molecule has 4 rings (SSSR count). The van der Waals surface area contributed by atoms with Crippen molar-refractivity contribution in [2.24, 2.45) is 0 Å². The first-order valence-electron chi connectivity index (χ1n) is 27.5. The van der Waals surface area contributed by atoms with E-state index in [9.17, 15) is 33.6 Å². The molecule has 0 aliphatic heterocycles. The molecule has 0 atom stereocenters. The van der Waals surface area contributed by atoms with Crippen molar-refractivity contribution in [2.45, 2.75) is 108 Å². The van der Waals surface area contributed by atoms with E-state index in [-0.39, 0.29) is 40.2 Å². The van der Waals surface area contributed by atoms with Gasteiger partial charge in [0.1, 0.15) is 11.2 Å². The summed E-state index contributed by atoms with van der Waals surface area (Å²) in [6.07, 6.45) is 11.4. The minimum Gasteiger partial charge on any atom is -0.466 e. The first-order chi connectivity index (χ1) is 39.2. The minimum absolute atomic E-state index is 0. The van der Waals surface area contributed by atoms with Gasteiger partial charge in [-0.25, -0.2) is 28.8 Å². The van der Waals surface area contributed by atoms with E-state index in [4.69, 9.17) is 30.5 Å². The third kappa shape index (κ3) is 53.3. The normalized spacial score (nSPS) is 10.7. The van der Waals surface area contributed by atoms with Crippen LogP contribution >= 0.6 is 56.8 Å². The summed E-state index contributed by atoms with van der Waals surface area (Å²) in [4.78, 5) is 78.6. The third-order valence-electron chi connectivity index (χ3n) is 10.1. The fraction of sp³-hybridized carbons (Fsp3) is 0.464. The second kappa shape index (κ2) is 47.2. The molecule has 0 aromatic heterocycles. The lowest BCUT2D eigenvalue weighted by atomic mass is 10.1. The van der Waals surface area contributed by atoms with Gasteiger partial charge in [0.25, 0.3) is 5.24 Å². The Labute approximate surface area is 562 Å². The maximum absolute atomic E-state index is 12.1. The Hall–Kier alpha value is -5.78. The van der Waals surface area contributed by atoms with Crippen LogP contribution in [0.25, 0.3) is 12.2 Å². The van der Waals surface area contributed by atoms with Crippen LogP contribution in [0.5, 0.6) is 0 Å². The summed E-state index contributed by atoms with van der Waals surface area (Å²) in [5.74, 6) is -2.22. The molecule has 494 valence electrons. The Kier molecular flexibility index (Phi) is 48.8. The van der Waals surface area contributed by atoms with Gasteiger partial charge in [0.05, 0.1) is 127 Å². The number of carbonyl (C=O) groups is 7. The van der Waals surface area contributed by atoms with Gasteiger partial charge < -0.3 is 41.9 Å². The number of unbranched alkanes of at least 4 members (excludes halogenated alkanes) is 1. The van der Waals surface area contributed by atoms with Crippen molar-refractivity contribution >= 4 is 110 Å². The molecule has 0 bridgehead atoms. The molecular formula is C69H107ClI2N3O13+3. The zero-order chi connectivity index (χ0) is 65.6. The molecule has 0 fully saturated rings. The van der Waals surface area contributed by atoms with Crippen LogP contribution in [-0.2, 0) is 42.8 Å². The van der Waals surface area contributed by atoms with E-state index in [2.05, 4.69) is 132 Å². The molecule has 88 heavy (non-hydrogen) atoms. The first kappa shape index (κ1) is 91.0. The van der Waals surface area contributed by atoms with Crippen LogP contribution in [0.3, 0.4) is 0 Å². The van der Waals surface area contributed by atoms with E-state index in [0.29, 0.717) is 35.5 Å². The molecule has 0 saturated heterocycles. The van der Waals surface area contributed by atoms with Gasteiger partial charge in [-0.05, 0) is 183 Å². The largest absolute Gasteiger partial charge is 0.466 e. The molecule has 0 spiro atoms. The monoisotopic (exact) mass is 1470 g/mol. The Morgan fingerprint density at radius 2 is 0.830 bits per heavy atom. The summed E-state index contributed by atoms with van der Waals surface area (Å²) < 4.78 is 34.5. The van der Waals surface area contributed by atoms with Gasteiger partial charge in [0, 0.05) is 43.8 Å². The van der Waals surface area contributed by atoms with Crippen molar-refractivity contribution in [3.8, 4) is 0 Å². The molecule has 0 heterocycles. The Morgan fingerprint density at radius 3 is 1.14 bits per heavy atom. The molecule has 0 aliphatic rings. The van der Waals surface area contributed by atoms with Crippen LogP contribution in [-0.4, -0.2) is 176 Å². The average molecular weight is 1480 g/mol. The average Bonchev–Trinajstić information content (AvgIpc) is 3.44. The summed E-state index contributed by atoms with van der Waals surface area (Å²) in [5, 5.41) is -0.404. The minimum atomic E-state index is -0.529. The number of quaternary nitrogens is 3. The highest BCUT2D eigenvalue weighted by Gasteiger charge is 2.16. The van der Waals surface area contributed by atoms with Crippen LogP contribution in [0, 0.1) is 7.14 Å². The highest BCUT2D eigenvalue weighted by atomic mass is 127. The maximum Gasteiger partial charge on any atom is 0.338 e. The number of methoxy groups -OCH3 is 2. The van der Waals surface area contributed by atoms with Gasteiger partial charge in [-0.15, -0.1) is 0 Å². The highest BCUT2D eigenvalue weighted by molar-refractivity contribution is 14.1. The molecule has 0 N–H and O–H groups in total. The Morgan fingerprint density at radius 1 is 0.489 bits per heavy atom. The SMILES string of the molecule is C.C.C.C=CC(=O)OC(C)(C)C.CC(C)(C)OC(=O)/C=C/c1cccc(C(=O)OCCC[N+](C)(C)C)c1.CCCC[N+](C)(C)C.COC(=O)/C=C/c1cccc(C(=O)OC)c1.C[N+](C)(C)CCCOC(=O)c1cccc(I)c1.O=C(Cl)c1cccc(I)c1. The molecule has 0 aliphatic carbocycles. The number of nitrogens with zero attached hydrogens (tertiary/aromatic N) is 3. The summed E-state index contributed by atoms with van der Waals surface area (Å²) in [6.45, 7) is 20.5. The molecule has 19 heteroatoms. The number of esters is 6. The predicted molar refractivity (Wildman–Crippen MR) is 378 cm³/mol. The number of hydrogen-bond donors (Lipinski definition) is 0. The topological polar surface area (TPSA) is 175 Å². The smallest absolute Gasteiger partial charge is 0.338 e. The molecular weight excluding hydrogens is 1370 g/mol. The van der Waals surface area contributed by atoms with Crippen LogP contribution in [0.15, 0.2) is 122 Å². The molecule has 0 unspecified atom stereocenters. The second-order valence-corrected chi connectivity index (χ2v) is 26.7. The van der Waals surface area contributed by atoms with Crippen LogP contribution in [0.2, 0.25) is 0 Å². The molecule has 0 amide bonds. The summed E-state index contributed by atoms with van der Waals surface area (Å²) in [6, 6.07) is 28.3. The zero-order valence-electron chi connectivity index (χ0n) is 53.5. The summed E-state index contributed by atoms with van der Waals surface area (Å²) >= 11 is 9.54. The van der Waals surface area contributed by atoms with Gasteiger partial charge in [-0.2, -0.15) is 0 Å². The Bertz CT molecular complexity index is 2760. The van der Waals surface area contributed by atoms with E-state index in [1.807, 2.05) is 71.9 Å². The van der Waals surface area contributed by atoms with Gasteiger partial charge in [0.2, 0.25) is 0 Å². The van der Waals surface area contributed by atoms with E-state index in [1.165, 1.54) is 45.8 Å². The van der Waals surface area contributed by atoms with Gasteiger partial charge in [0.15, 0.2) is 0 Å². The van der Waals surface area contributed by atoms with Crippen molar-refractivity contribution in [2.75, 3.05) is 110 Å². The van der Waals surface area contributed by atoms with E-state index in [1.54, 1.807) is 78.9 Å². The van der Waals surface area contributed by atoms with E-state index >= 15 is 0 Å². The highest BCUT2D eigenvalue weighted by Crippen LogP contribution is 2.14. The van der Waals surface area contributed by atoms with Crippen molar-refractivity contribution in [1.82, 2.24) is 0 Å². The standard InChI is InChI=1S/C20H30NO4.C13H19INO2.C12H12O4.C7H4ClIO.C7H18N.C7H12O2.3CH4/c1-20(2,3)25-18(22)12-11-16-9-7-10-17(15-16)19(23)24-14-8-13-21(4,5)6;1-15(2,3)8-5-9-17-13(16)11-6-4-7-12(14)10-11;1-15-11(13)7-6-9-4-3-5-10(8-9)12(14)16-2;8-7(10)5-2-1-3-6(9)4-5;1-5-6-7-8(2,3)4;1-5-6(8)9-7(2,3)4;;;/h7,9-12,15H,8,13-14H2,1-6H3;4,6-7,10H,5,8-9H2,1-3H3;3-8H,1-2H3;1-4H;5-7H2,1-4H3;5H,1H2,2-4H3;3*1H4/q2*+1;;;+1;;;;/b12-11+;;7-6+;;;;;;. The number of carbonyl (C=O) groups excluding carboxylic acids is 7. The predicted octanol–water partition coefficient (Wildman–Crippen LogP) is 15.1. The quantitative estimate of drug-likeness (QED) is 0.0156. The molecule has 4 aromatic rings. The third-order valence-corrected chi connectivity index (χ3v) is 11.7. The van der Waals surface area contributed by atoms with E-state index in [0.717, 1.165) is 63.7 Å². The van der Waals surface area contributed by atoms with Crippen molar-refractivity contribution in [1.29, 1.82) is 0 Å². The molecule has 4 aromatic carbocycles. The Balaban J connectivity index is -0.000000325. The first-order valence-corrected chi connectivity index (χ1v) is 30.0. The summed E-state index contributed by atoms with van der Waals surface area (Å²) in [7, 11) is 22.0. The number of halogens is 3. The lowest BCUT2D eigenvalue weighted by molar-refractivity contribution is -0.870. The molecule has 0 saturated carbocycles. The maximum atomic E-state index is 12.1. The fourth-order valence-electron chi connectivity index (χ4n) is 6.17. The van der Waals surface area contributed by atoms with Crippen LogP contribution in [0.4, 0.5) is 0 Å².